The molecule has 8 heteroatoms. The molecule has 2 heterocycles. The van der Waals surface area contributed by atoms with Crippen molar-refractivity contribution >= 4 is 23.3 Å². The van der Waals surface area contributed by atoms with Gasteiger partial charge in [0, 0.05) is 11.3 Å². The molecule has 2 aromatic heterocycles. The zero-order valence-electron chi connectivity index (χ0n) is 17.1. The molecule has 0 saturated carbocycles. The maximum Gasteiger partial charge on any atom is 0.209 e. The number of H-pyrrole nitrogens is 2. The van der Waals surface area contributed by atoms with E-state index in [4.69, 9.17) is 4.74 Å². The van der Waals surface area contributed by atoms with Crippen LogP contribution in [-0.4, -0.2) is 37.0 Å². The lowest BCUT2D eigenvalue weighted by atomic mass is 10.0. The number of nitrogens with zero attached hydrogens (tertiary/aromatic N) is 2. The number of thioether (sulfide) groups is 1. The van der Waals surface area contributed by atoms with Gasteiger partial charge in [-0.15, -0.1) is 5.10 Å². The molecule has 1 atom stereocenters. The molecular formula is C21H24N4O3S. The van der Waals surface area contributed by atoms with E-state index in [9.17, 15) is 9.59 Å². The van der Waals surface area contributed by atoms with Gasteiger partial charge >= 0.3 is 0 Å². The standard InChI is InChI=1S/C21H24N4O3S/c1-11-8-6-7-9-16(11)28-10-17-23-21(25-24-17)29-15(5)20(27)19-12(2)18(14(4)26)13(3)22-19/h6-9,15,22H,10H2,1-5H3,(H,23,24,25). The largest absolute Gasteiger partial charge is 0.485 e. The molecule has 0 amide bonds. The van der Waals surface area contributed by atoms with Crippen LogP contribution in [0.25, 0.3) is 0 Å². The highest BCUT2D eigenvalue weighted by molar-refractivity contribution is 8.00. The summed E-state index contributed by atoms with van der Waals surface area (Å²) in [6.07, 6.45) is 0. The number of hydrogen-bond acceptors (Lipinski definition) is 6. The highest BCUT2D eigenvalue weighted by atomic mass is 32.2. The highest BCUT2D eigenvalue weighted by Crippen LogP contribution is 2.26. The number of ether oxygens (including phenoxy) is 1. The van der Waals surface area contributed by atoms with Crippen molar-refractivity contribution in [3.8, 4) is 5.75 Å². The lowest BCUT2D eigenvalue weighted by Gasteiger charge is -2.07. The number of para-hydroxylation sites is 1. The molecular weight excluding hydrogens is 388 g/mol. The van der Waals surface area contributed by atoms with E-state index in [0.717, 1.165) is 11.3 Å². The summed E-state index contributed by atoms with van der Waals surface area (Å²) in [5, 5.41) is 7.08. The van der Waals surface area contributed by atoms with Crippen LogP contribution in [0.3, 0.4) is 0 Å². The predicted octanol–water partition coefficient (Wildman–Crippen LogP) is 4.20. The topological polar surface area (TPSA) is 101 Å². The van der Waals surface area contributed by atoms with Crippen molar-refractivity contribution in [3.63, 3.8) is 0 Å². The quantitative estimate of drug-likeness (QED) is 0.425. The molecule has 1 unspecified atom stereocenters. The Kier molecular flexibility index (Phi) is 6.22. The molecule has 2 N–H and O–H groups in total. The van der Waals surface area contributed by atoms with Crippen molar-refractivity contribution < 1.29 is 14.3 Å². The second-order valence-electron chi connectivity index (χ2n) is 6.92. The van der Waals surface area contributed by atoms with E-state index >= 15 is 0 Å². The molecule has 3 rings (SSSR count). The minimum absolute atomic E-state index is 0.0529. The number of Topliss-reactive ketones (excluding diaryl/α,β-unsaturated/α-hetero) is 2. The first kappa shape index (κ1) is 20.9. The van der Waals surface area contributed by atoms with Gasteiger partial charge < -0.3 is 9.72 Å². The second-order valence-corrected chi connectivity index (χ2v) is 8.23. The average Bonchev–Trinajstić information content (AvgIpc) is 3.23. The monoisotopic (exact) mass is 412 g/mol. The fourth-order valence-electron chi connectivity index (χ4n) is 3.20. The van der Waals surface area contributed by atoms with E-state index in [2.05, 4.69) is 20.2 Å². The number of aromatic amines is 2. The van der Waals surface area contributed by atoms with Gasteiger partial charge in [-0.25, -0.2) is 4.98 Å². The first-order valence-electron chi connectivity index (χ1n) is 9.28. The zero-order valence-corrected chi connectivity index (χ0v) is 17.9. The van der Waals surface area contributed by atoms with Gasteiger partial charge in [0.15, 0.2) is 17.4 Å². The van der Waals surface area contributed by atoms with Crippen LogP contribution in [0.5, 0.6) is 5.75 Å². The molecule has 0 fully saturated rings. The van der Waals surface area contributed by atoms with Crippen LogP contribution in [-0.2, 0) is 6.61 Å². The summed E-state index contributed by atoms with van der Waals surface area (Å²) in [4.78, 5) is 32.1. The van der Waals surface area contributed by atoms with Gasteiger partial charge in [-0.2, -0.15) is 0 Å². The van der Waals surface area contributed by atoms with Gasteiger partial charge in [-0.3, -0.25) is 14.7 Å². The molecule has 0 saturated heterocycles. The van der Waals surface area contributed by atoms with E-state index in [-0.39, 0.29) is 18.2 Å². The number of nitrogens with one attached hydrogen (secondary N) is 2. The minimum Gasteiger partial charge on any atom is -0.485 e. The lowest BCUT2D eigenvalue weighted by molar-refractivity contribution is 0.0988. The third kappa shape index (κ3) is 4.59. The predicted molar refractivity (Wildman–Crippen MR) is 112 cm³/mol. The molecule has 3 aromatic rings. The normalized spacial score (nSPS) is 12.0. The fraction of sp³-hybridized carbons (Fsp3) is 0.333. The molecule has 29 heavy (non-hydrogen) atoms. The fourth-order valence-corrected chi connectivity index (χ4v) is 4.00. The molecule has 0 aliphatic carbocycles. The summed E-state index contributed by atoms with van der Waals surface area (Å²) in [5.74, 6) is 1.23. The Hall–Kier alpha value is -2.87. The maximum absolute atomic E-state index is 12.9. The SMILES string of the molecule is CC(=O)c1c(C)[nH]c(C(=O)C(C)Sc2n[nH]c(COc3ccccc3C)n2)c1C. The summed E-state index contributed by atoms with van der Waals surface area (Å²) in [7, 11) is 0. The van der Waals surface area contributed by atoms with Crippen LogP contribution in [0.15, 0.2) is 29.4 Å². The maximum atomic E-state index is 12.9. The highest BCUT2D eigenvalue weighted by Gasteiger charge is 2.25. The van der Waals surface area contributed by atoms with Gasteiger partial charge in [0.25, 0.3) is 0 Å². The number of rotatable bonds is 8. The number of carbonyl (C=O) groups is 2. The van der Waals surface area contributed by atoms with Crippen LogP contribution < -0.4 is 4.74 Å². The summed E-state index contributed by atoms with van der Waals surface area (Å²) in [6.45, 7) is 9.14. The smallest absolute Gasteiger partial charge is 0.209 e. The number of aryl methyl sites for hydroxylation is 2. The van der Waals surface area contributed by atoms with Gasteiger partial charge in [0.1, 0.15) is 12.4 Å². The Morgan fingerprint density at radius 3 is 2.59 bits per heavy atom. The molecule has 0 radical (unpaired) electrons. The molecule has 0 aliphatic rings. The van der Waals surface area contributed by atoms with Crippen molar-refractivity contribution in [1.29, 1.82) is 0 Å². The Morgan fingerprint density at radius 1 is 1.21 bits per heavy atom. The van der Waals surface area contributed by atoms with Crippen molar-refractivity contribution in [2.45, 2.75) is 51.6 Å². The van der Waals surface area contributed by atoms with E-state index in [0.29, 0.717) is 33.5 Å². The first-order valence-corrected chi connectivity index (χ1v) is 10.2. The van der Waals surface area contributed by atoms with Crippen molar-refractivity contribution in [3.05, 3.63) is 58.2 Å². The van der Waals surface area contributed by atoms with E-state index in [1.807, 2.05) is 31.2 Å². The number of benzene rings is 1. The van der Waals surface area contributed by atoms with Crippen molar-refractivity contribution in [2.75, 3.05) is 0 Å². The number of hydrogen-bond donors (Lipinski definition) is 2. The molecule has 152 valence electrons. The van der Waals surface area contributed by atoms with Crippen molar-refractivity contribution in [2.24, 2.45) is 0 Å². The average molecular weight is 413 g/mol. The number of ketones is 2. The van der Waals surface area contributed by atoms with Gasteiger partial charge in [-0.05, 0) is 51.8 Å². The Labute approximate surface area is 173 Å². The zero-order chi connectivity index (χ0) is 21.1. The Morgan fingerprint density at radius 2 is 1.93 bits per heavy atom. The van der Waals surface area contributed by atoms with Crippen LogP contribution in [0.2, 0.25) is 0 Å². The van der Waals surface area contributed by atoms with Crippen molar-refractivity contribution in [1.82, 2.24) is 20.2 Å². The van der Waals surface area contributed by atoms with E-state index in [1.54, 1.807) is 20.8 Å². The number of carbonyl (C=O) groups excluding carboxylic acids is 2. The van der Waals surface area contributed by atoms with Gasteiger partial charge in [0.05, 0.1) is 10.9 Å². The molecule has 1 aromatic carbocycles. The van der Waals surface area contributed by atoms with Crippen LogP contribution >= 0.6 is 11.8 Å². The summed E-state index contributed by atoms with van der Waals surface area (Å²) >= 11 is 1.26. The van der Waals surface area contributed by atoms with Crippen LogP contribution in [0, 0.1) is 20.8 Å². The molecule has 0 spiro atoms. The summed E-state index contributed by atoms with van der Waals surface area (Å²) < 4.78 is 5.77. The number of aromatic nitrogens is 4. The lowest BCUT2D eigenvalue weighted by Crippen LogP contribution is -2.15. The second kappa shape index (κ2) is 8.65. The third-order valence-electron chi connectivity index (χ3n) is 4.66. The Balaban J connectivity index is 1.65. The van der Waals surface area contributed by atoms with Gasteiger partial charge in [-0.1, -0.05) is 30.0 Å². The van der Waals surface area contributed by atoms with E-state index < -0.39 is 5.25 Å². The van der Waals surface area contributed by atoms with Crippen LogP contribution in [0.4, 0.5) is 0 Å². The summed E-state index contributed by atoms with van der Waals surface area (Å²) in [6, 6.07) is 7.75. The first-order chi connectivity index (χ1) is 13.8. The van der Waals surface area contributed by atoms with Crippen LogP contribution in [0.1, 0.15) is 57.3 Å². The summed E-state index contributed by atoms with van der Waals surface area (Å²) in [5.41, 5.74) is 3.49. The third-order valence-corrected chi connectivity index (χ3v) is 5.62. The molecule has 0 bridgehead atoms. The molecule has 7 nitrogen and oxygen atoms in total. The van der Waals surface area contributed by atoms with E-state index in [1.165, 1.54) is 18.7 Å². The minimum atomic E-state index is -0.410. The molecule has 0 aliphatic heterocycles. The Bertz CT molecular complexity index is 1050. The van der Waals surface area contributed by atoms with Gasteiger partial charge in [0.2, 0.25) is 5.16 Å².